The number of hydrogen-bond acceptors (Lipinski definition) is 4. The van der Waals surface area contributed by atoms with Gasteiger partial charge in [-0.2, -0.15) is 0 Å². The van der Waals surface area contributed by atoms with E-state index in [1.807, 2.05) is 36.4 Å². The Balaban J connectivity index is 1.66. The maximum Gasteiger partial charge on any atom is 0.238 e. The van der Waals surface area contributed by atoms with E-state index in [1.165, 1.54) is 25.7 Å². The van der Waals surface area contributed by atoms with E-state index in [-0.39, 0.29) is 12.5 Å². The van der Waals surface area contributed by atoms with Crippen LogP contribution in [0.15, 0.2) is 47.1 Å². The number of unbranched alkanes of at least 4 members (excludes halogenated alkanes) is 4. The Morgan fingerprint density at radius 2 is 2.00 bits per heavy atom. The molecule has 0 bridgehead atoms. The summed E-state index contributed by atoms with van der Waals surface area (Å²) in [5.41, 5.74) is 0.744. The molecule has 0 saturated carbocycles. The number of ether oxygens (including phenoxy) is 1. The first kappa shape index (κ1) is 19.1. The lowest BCUT2D eigenvalue weighted by Crippen LogP contribution is -2.27. The molecule has 0 aliphatic heterocycles. The van der Waals surface area contributed by atoms with Crippen molar-refractivity contribution in [1.29, 1.82) is 0 Å². The van der Waals surface area contributed by atoms with Gasteiger partial charge >= 0.3 is 0 Å². The fraction of sp³-hybridized carbons (Fsp3) is 0.450. The van der Waals surface area contributed by atoms with Crippen LogP contribution in [0.2, 0.25) is 0 Å². The molecule has 1 aromatic carbocycles. The summed E-state index contributed by atoms with van der Waals surface area (Å²) in [6, 6.07) is 11.2. The minimum absolute atomic E-state index is 0.0942. The van der Waals surface area contributed by atoms with Crippen molar-refractivity contribution >= 4 is 11.6 Å². The van der Waals surface area contributed by atoms with Gasteiger partial charge < -0.3 is 19.8 Å². The average Bonchev–Trinajstić information content (AvgIpc) is 3.12. The number of rotatable bonds is 12. The Labute approximate surface area is 149 Å². The van der Waals surface area contributed by atoms with Crippen molar-refractivity contribution in [1.82, 2.24) is 5.32 Å². The normalized spacial score (nSPS) is 10.6. The summed E-state index contributed by atoms with van der Waals surface area (Å²) in [4.78, 5) is 12.0. The Kier molecular flexibility index (Phi) is 8.63. The number of carbonyl (C=O) groups is 1. The van der Waals surface area contributed by atoms with E-state index in [9.17, 15) is 4.79 Å². The van der Waals surface area contributed by atoms with Gasteiger partial charge in [0.25, 0.3) is 0 Å². The highest BCUT2D eigenvalue weighted by atomic mass is 16.5. The van der Waals surface area contributed by atoms with E-state index >= 15 is 0 Å². The molecule has 136 valence electrons. The molecule has 0 fully saturated rings. The summed E-state index contributed by atoms with van der Waals surface area (Å²) in [5, 5.41) is 5.91. The summed E-state index contributed by atoms with van der Waals surface area (Å²) in [6.45, 7) is 3.68. The molecule has 5 nitrogen and oxygen atoms in total. The highest BCUT2D eigenvalue weighted by molar-refractivity contribution is 5.92. The number of carbonyl (C=O) groups excluding carboxylic acids is 1. The molecule has 2 aromatic rings. The van der Waals surface area contributed by atoms with E-state index in [0.29, 0.717) is 13.2 Å². The van der Waals surface area contributed by atoms with Crippen LogP contribution >= 0.6 is 0 Å². The van der Waals surface area contributed by atoms with Crippen LogP contribution in [-0.4, -0.2) is 19.1 Å². The van der Waals surface area contributed by atoms with E-state index in [4.69, 9.17) is 9.15 Å². The molecule has 2 rings (SSSR count). The molecule has 5 heteroatoms. The zero-order valence-corrected chi connectivity index (χ0v) is 14.9. The van der Waals surface area contributed by atoms with Gasteiger partial charge in [0.05, 0.1) is 26.0 Å². The highest BCUT2D eigenvalue weighted by Gasteiger charge is 2.04. The van der Waals surface area contributed by atoms with Gasteiger partial charge in [-0.15, -0.1) is 0 Å². The third-order valence-corrected chi connectivity index (χ3v) is 3.80. The molecule has 1 amide bonds. The largest absolute Gasteiger partial charge is 0.494 e. The van der Waals surface area contributed by atoms with Crippen LogP contribution in [0.25, 0.3) is 0 Å². The molecule has 0 spiro atoms. The fourth-order valence-corrected chi connectivity index (χ4v) is 2.48. The first-order valence-corrected chi connectivity index (χ1v) is 9.03. The van der Waals surface area contributed by atoms with E-state index in [0.717, 1.165) is 23.6 Å². The van der Waals surface area contributed by atoms with Crippen LogP contribution in [0.4, 0.5) is 5.69 Å². The average molecular weight is 344 g/mol. The second kappa shape index (κ2) is 11.3. The topological polar surface area (TPSA) is 63.5 Å². The van der Waals surface area contributed by atoms with E-state index < -0.39 is 0 Å². The van der Waals surface area contributed by atoms with Gasteiger partial charge in [-0.1, -0.05) is 38.7 Å². The SMILES string of the molecule is CCCCCCCOc1cccc(NC(=O)CNCc2ccco2)c1. The molecule has 1 aromatic heterocycles. The number of anilines is 1. The number of hydrogen-bond donors (Lipinski definition) is 2. The standard InChI is InChI=1S/C20H28N2O3/c1-2-3-4-5-6-12-24-18-10-7-9-17(14-18)22-20(23)16-21-15-19-11-8-13-25-19/h7-11,13-14,21H,2-6,12,15-16H2,1H3,(H,22,23). The minimum atomic E-state index is -0.0942. The predicted octanol–water partition coefficient (Wildman–Crippen LogP) is 4.36. The van der Waals surface area contributed by atoms with Crippen molar-refractivity contribution in [3.63, 3.8) is 0 Å². The number of nitrogens with one attached hydrogen (secondary N) is 2. The van der Waals surface area contributed by atoms with Crippen LogP contribution in [-0.2, 0) is 11.3 Å². The Hall–Kier alpha value is -2.27. The Bertz CT molecular complexity index is 611. The third kappa shape index (κ3) is 7.90. The van der Waals surface area contributed by atoms with Crippen molar-refractivity contribution in [2.75, 3.05) is 18.5 Å². The molecule has 0 atom stereocenters. The zero-order valence-electron chi connectivity index (χ0n) is 14.9. The highest BCUT2D eigenvalue weighted by Crippen LogP contribution is 2.17. The number of amides is 1. The van der Waals surface area contributed by atoms with Gasteiger partial charge in [0.15, 0.2) is 0 Å². The van der Waals surface area contributed by atoms with Gasteiger partial charge in [-0.05, 0) is 30.7 Å². The summed E-state index contributed by atoms with van der Waals surface area (Å²) in [5.74, 6) is 1.50. The van der Waals surface area contributed by atoms with Crippen LogP contribution in [0, 0.1) is 0 Å². The van der Waals surface area contributed by atoms with Crippen molar-refractivity contribution < 1.29 is 13.9 Å². The molecule has 0 unspecified atom stereocenters. The monoisotopic (exact) mass is 344 g/mol. The molecule has 0 aliphatic rings. The lowest BCUT2D eigenvalue weighted by Gasteiger charge is -2.09. The fourth-order valence-electron chi connectivity index (χ4n) is 2.48. The predicted molar refractivity (Wildman–Crippen MR) is 99.7 cm³/mol. The molecule has 0 saturated heterocycles. The summed E-state index contributed by atoms with van der Waals surface area (Å²) in [6.07, 6.45) is 7.68. The number of benzene rings is 1. The summed E-state index contributed by atoms with van der Waals surface area (Å²) in [7, 11) is 0. The summed E-state index contributed by atoms with van der Waals surface area (Å²) < 4.78 is 11.0. The second-order valence-corrected chi connectivity index (χ2v) is 6.02. The molecule has 2 N–H and O–H groups in total. The van der Waals surface area contributed by atoms with Crippen molar-refractivity contribution in [2.45, 2.75) is 45.6 Å². The van der Waals surface area contributed by atoms with Crippen LogP contribution in [0.3, 0.4) is 0 Å². The first-order valence-electron chi connectivity index (χ1n) is 9.03. The third-order valence-electron chi connectivity index (χ3n) is 3.80. The van der Waals surface area contributed by atoms with Crippen molar-refractivity contribution in [3.8, 4) is 5.75 Å². The Morgan fingerprint density at radius 3 is 2.80 bits per heavy atom. The summed E-state index contributed by atoms with van der Waals surface area (Å²) >= 11 is 0. The van der Waals surface area contributed by atoms with Crippen LogP contribution in [0.5, 0.6) is 5.75 Å². The van der Waals surface area contributed by atoms with Gasteiger partial charge in [0, 0.05) is 11.8 Å². The van der Waals surface area contributed by atoms with Crippen LogP contribution < -0.4 is 15.4 Å². The minimum Gasteiger partial charge on any atom is -0.494 e. The maximum atomic E-state index is 12.0. The number of furan rings is 1. The molecular formula is C20H28N2O3. The Morgan fingerprint density at radius 1 is 1.12 bits per heavy atom. The first-order chi connectivity index (χ1) is 12.3. The lowest BCUT2D eigenvalue weighted by atomic mass is 10.2. The molecular weight excluding hydrogens is 316 g/mol. The molecule has 0 radical (unpaired) electrons. The van der Waals surface area contributed by atoms with Crippen LogP contribution in [0.1, 0.15) is 44.8 Å². The molecule has 0 aliphatic carbocycles. The quantitative estimate of drug-likeness (QED) is 0.562. The van der Waals surface area contributed by atoms with Gasteiger partial charge in [-0.25, -0.2) is 0 Å². The maximum absolute atomic E-state index is 12.0. The zero-order chi connectivity index (χ0) is 17.7. The van der Waals surface area contributed by atoms with Crippen molar-refractivity contribution in [3.05, 3.63) is 48.4 Å². The molecule has 25 heavy (non-hydrogen) atoms. The van der Waals surface area contributed by atoms with Gasteiger partial charge in [0.1, 0.15) is 11.5 Å². The second-order valence-electron chi connectivity index (χ2n) is 6.02. The van der Waals surface area contributed by atoms with Gasteiger partial charge in [0.2, 0.25) is 5.91 Å². The lowest BCUT2D eigenvalue weighted by molar-refractivity contribution is -0.115. The smallest absolute Gasteiger partial charge is 0.238 e. The van der Waals surface area contributed by atoms with Gasteiger partial charge in [-0.3, -0.25) is 4.79 Å². The molecule has 1 heterocycles. The van der Waals surface area contributed by atoms with E-state index in [2.05, 4.69) is 17.6 Å². The van der Waals surface area contributed by atoms with Crippen molar-refractivity contribution in [2.24, 2.45) is 0 Å². The van der Waals surface area contributed by atoms with E-state index in [1.54, 1.807) is 6.26 Å².